The first-order valence-corrected chi connectivity index (χ1v) is 10.2. The van der Waals surface area contributed by atoms with Crippen LogP contribution >= 0.6 is 11.6 Å². The number of carbonyl (C=O) groups is 1. The largest absolute Gasteiger partial charge is 0.437 e. The average Bonchev–Trinajstić information content (AvgIpc) is 2.79. The van der Waals surface area contributed by atoms with E-state index in [-0.39, 0.29) is 22.8 Å². The van der Waals surface area contributed by atoms with Gasteiger partial charge in [-0.05, 0) is 43.2 Å². The number of carbonyl (C=O) groups excluding carboxylic acids is 1. The predicted octanol–water partition coefficient (Wildman–Crippen LogP) is 3.51. The van der Waals surface area contributed by atoms with Crippen LogP contribution in [0.2, 0.25) is 5.02 Å². The number of ether oxygens (including phenoxy) is 2. The molecule has 1 amide bonds. The fourth-order valence-electron chi connectivity index (χ4n) is 2.93. The van der Waals surface area contributed by atoms with Crippen LogP contribution in [0.15, 0.2) is 53.0 Å². The van der Waals surface area contributed by atoms with Crippen LogP contribution in [-0.2, 0) is 9.53 Å². The number of halogens is 1. The number of nitriles is 1. The Balaban J connectivity index is 2.11. The Labute approximate surface area is 189 Å². The van der Waals surface area contributed by atoms with E-state index in [1.165, 1.54) is 10.5 Å². The Morgan fingerprint density at radius 1 is 1.31 bits per heavy atom. The molecule has 32 heavy (non-hydrogen) atoms. The lowest BCUT2D eigenvalue weighted by Gasteiger charge is -2.12. The van der Waals surface area contributed by atoms with Gasteiger partial charge in [0.15, 0.2) is 0 Å². The molecular formula is C23H21ClN4O4. The monoisotopic (exact) mass is 452 g/mol. The molecule has 0 radical (unpaired) electrons. The highest BCUT2D eigenvalue weighted by molar-refractivity contribution is 6.32. The first-order chi connectivity index (χ1) is 15.5. The maximum absolute atomic E-state index is 13.3. The number of rotatable bonds is 8. The molecular weight excluding hydrogens is 432 g/mol. The molecule has 2 aromatic heterocycles. The first-order valence-electron chi connectivity index (χ1n) is 9.79. The summed E-state index contributed by atoms with van der Waals surface area (Å²) in [5.74, 6) is -0.380. The van der Waals surface area contributed by atoms with Gasteiger partial charge < -0.3 is 14.8 Å². The topological polar surface area (TPSA) is 106 Å². The minimum absolute atomic E-state index is 0.0448. The van der Waals surface area contributed by atoms with Gasteiger partial charge in [0.1, 0.15) is 28.6 Å². The first kappa shape index (κ1) is 23.0. The molecule has 0 saturated heterocycles. The van der Waals surface area contributed by atoms with Crippen molar-refractivity contribution in [3.05, 3.63) is 74.7 Å². The van der Waals surface area contributed by atoms with Gasteiger partial charge >= 0.3 is 0 Å². The molecule has 8 nitrogen and oxygen atoms in total. The third-order valence-electron chi connectivity index (χ3n) is 4.56. The van der Waals surface area contributed by atoms with Crippen LogP contribution in [0.3, 0.4) is 0 Å². The van der Waals surface area contributed by atoms with E-state index in [0.717, 1.165) is 5.56 Å². The number of fused-ring (bicyclic) bond motifs is 1. The summed E-state index contributed by atoms with van der Waals surface area (Å²) in [5, 5.41) is 12.5. The lowest BCUT2D eigenvalue weighted by atomic mass is 10.1. The van der Waals surface area contributed by atoms with E-state index in [9.17, 15) is 14.9 Å². The van der Waals surface area contributed by atoms with Crippen molar-refractivity contribution in [1.29, 1.82) is 5.26 Å². The maximum atomic E-state index is 13.3. The highest BCUT2D eigenvalue weighted by Crippen LogP contribution is 2.30. The molecule has 0 aliphatic carbocycles. The standard InChI is InChI=1S/C23H21ClN4O4/c1-15-7-5-11-28-20(15)27-22(32-19-9-4-3-8-18(19)24)17(23(28)30)13-16(14-25)21(29)26-10-6-12-31-2/h3-5,7-9,11,13H,6,10,12H2,1-2H3,(H,26,29)/b16-13-. The average molecular weight is 453 g/mol. The molecule has 0 unspecified atom stereocenters. The molecule has 0 aliphatic rings. The summed E-state index contributed by atoms with van der Waals surface area (Å²) in [6, 6.07) is 12.1. The van der Waals surface area contributed by atoms with Gasteiger partial charge in [-0.3, -0.25) is 14.0 Å². The summed E-state index contributed by atoms with van der Waals surface area (Å²) in [7, 11) is 1.56. The SMILES string of the molecule is COCCCNC(=O)/C(C#N)=C\c1c(Oc2ccccc2Cl)nc2c(C)cccn2c1=O. The highest BCUT2D eigenvalue weighted by Gasteiger charge is 2.18. The van der Waals surface area contributed by atoms with Crippen LogP contribution < -0.4 is 15.6 Å². The van der Waals surface area contributed by atoms with E-state index in [0.29, 0.717) is 30.2 Å². The van der Waals surface area contributed by atoms with Gasteiger partial charge in [-0.15, -0.1) is 0 Å². The van der Waals surface area contributed by atoms with Crippen LogP contribution in [-0.4, -0.2) is 35.6 Å². The Morgan fingerprint density at radius 3 is 2.81 bits per heavy atom. The third-order valence-corrected chi connectivity index (χ3v) is 4.87. The van der Waals surface area contributed by atoms with Crippen molar-refractivity contribution in [2.24, 2.45) is 0 Å². The number of aromatic nitrogens is 2. The summed E-state index contributed by atoms with van der Waals surface area (Å²) in [6.07, 6.45) is 3.33. The molecule has 1 aromatic carbocycles. The Bertz CT molecular complexity index is 1280. The molecule has 3 aromatic rings. The molecule has 0 aliphatic heterocycles. The number of nitrogens with one attached hydrogen (secondary N) is 1. The van der Waals surface area contributed by atoms with Crippen LogP contribution in [0.5, 0.6) is 11.6 Å². The number of para-hydroxylation sites is 1. The smallest absolute Gasteiger partial charge is 0.269 e. The zero-order valence-electron chi connectivity index (χ0n) is 17.6. The van der Waals surface area contributed by atoms with Crippen molar-refractivity contribution >= 4 is 29.2 Å². The second kappa shape index (κ2) is 10.6. The maximum Gasteiger partial charge on any atom is 0.269 e. The lowest BCUT2D eigenvalue weighted by molar-refractivity contribution is -0.117. The predicted molar refractivity (Wildman–Crippen MR) is 121 cm³/mol. The number of amides is 1. The van der Waals surface area contributed by atoms with Crippen LogP contribution in [0, 0.1) is 18.3 Å². The van der Waals surface area contributed by atoms with Gasteiger partial charge in [0.05, 0.1) is 5.02 Å². The molecule has 9 heteroatoms. The number of methoxy groups -OCH3 is 1. The molecule has 0 atom stereocenters. The van der Waals surface area contributed by atoms with E-state index in [1.54, 1.807) is 43.6 Å². The number of benzene rings is 1. The van der Waals surface area contributed by atoms with E-state index in [4.69, 9.17) is 21.1 Å². The minimum Gasteiger partial charge on any atom is -0.437 e. The number of hydrogen-bond donors (Lipinski definition) is 1. The Morgan fingerprint density at radius 2 is 2.09 bits per heavy atom. The number of aryl methyl sites for hydroxylation is 1. The van der Waals surface area contributed by atoms with Crippen molar-refractivity contribution in [2.45, 2.75) is 13.3 Å². The zero-order chi connectivity index (χ0) is 23.1. The molecule has 1 N–H and O–H groups in total. The van der Waals surface area contributed by atoms with Gasteiger partial charge in [-0.25, -0.2) is 0 Å². The van der Waals surface area contributed by atoms with Crippen molar-refractivity contribution in [1.82, 2.24) is 14.7 Å². The number of pyridine rings is 1. The molecule has 0 saturated carbocycles. The molecule has 164 valence electrons. The van der Waals surface area contributed by atoms with Crippen LogP contribution in [0.25, 0.3) is 11.7 Å². The quantitative estimate of drug-likeness (QED) is 0.318. The minimum atomic E-state index is -0.610. The second-order valence-electron chi connectivity index (χ2n) is 6.83. The van der Waals surface area contributed by atoms with Crippen molar-refractivity contribution in [3.8, 4) is 17.7 Å². The molecule has 0 spiro atoms. The third kappa shape index (κ3) is 5.14. The summed E-state index contributed by atoms with van der Waals surface area (Å²) in [6.45, 7) is 2.60. The Kier molecular flexibility index (Phi) is 7.60. The normalized spacial score (nSPS) is 11.2. The van der Waals surface area contributed by atoms with E-state index in [2.05, 4.69) is 10.3 Å². The zero-order valence-corrected chi connectivity index (χ0v) is 18.3. The van der Waals surface area contributed by atoms with E-state index >= 15 is 0 Å². The highest BCUT2D eigenvalue weighted by atomic mass is 35.5. The molecule has 0 fully saturated rings. The van der Waals surface area contributed by atoms with Gasteiger partial charge in [0.25, 0.3) is 11.5 Å². The molecule has 2 heterocycles. The van der Waals surface area contributed by atoms with Crippen LogP contribution in [0.4, 0.5) is 0 Å². The van der Waals surface area contributed by atoms with E-state index < -0.39 is 11.5 Å². The van der Waals surface area contributed by atoms with Gasteiger partial charge in [0, 0.05) is 26.5 Å². The van der Waals surface area contributed by atoms with Gasteiger partial charge in [-0.2, -0.15) is 10.2 Å². The summed E-state index contributed by atoms with van der Waals surface area (Å²) < 4.78 is 12.1. The summed E-state index contributed by atoms with van der Waals surface area (Å²) in [5.41, 5.74) is 0.356. The fraction of sp³-hybridized carbons (Fsp3) is 0.217. The fourth-order valence-corrected chi connectivity index (χ4v) is 3.11. The van der Waals surface area contributed by atoms with Crippen molar-refractivity contribution in [2.75, 3.05) is 20.3 Å². The van der Waals surface area contributed by atoms with Crippen molar-refractivity contribution in [3.63, 3.8) is 0 Å². The summed E-state index contributed by atoms with van der Waals surface area (Å²) >= 11 is 6.20. The lowest BCUT2D eigenvalue weighted by Crippen LogP contribution is -2.27. The molecule has 3 rings (SSSR count). The van der Waals surface area contributed by atoms with Crippen molar-refractivity contribution < 1.29 is 14.3 Å². The molecule has 0 bridgehead atoms. The summed E-state index contributed by atoms with van der Waals surface area (Å²) in [4.78, 5) is 30.2. The number of nitrogens with zero attached hydrogens (tertiary/aromatic N) is 3. The van der Waals surface area contributed by atoms with Gasteiger partial charge in [-0.1, -0.05) is 29.8 Å². The van der Waals surface area contributed by atoms with E-state index in [1.807, 2.05) is 19.1 Å². The van der Waals surface area contributed by atoms with Crippen LogP contribution in [0.1, 0.15) is 17.5 Å². The number of hydrogen-bond acceptors (Lipinski definition) is 6. The van der Waals surface area contributed by atoms with Gasteiger partial charge in [0.2, 0.25) is 5.88 Å². The Hall–Kier alpha value is -3.67. The second-order valence-corrected chi connectivity index (χ2v) is 7.23.